The molecule has 0 N–H and O–H groups in total. The molecule has 0 fully saturated rings. The van der Waals surface area contributed by atoms with Gasteiger partial charge in [0.15, 0.2) is 0 Å². The van der Waals surface area contributed by atoms with E-state index < -0.39 is 19.3 Å². The van der Waals surface area contributed by atoms with Gasteiger partial charge in [-0.2, -0.15) is 4.31 Å². The zero-order chi connectivity index (χ0) is 26.6. The number of hydrogen-bond donors (Lipinski definition) is 0. The van der Waals surface area contributed by atoms with Crippen molar-refractivity contribution < 1.29 is 17.7 Å². The Morgan fingerprint density at radius 3 is 2.06 bits per heavy atom. The zero-order valence-electron chi connectivity index (χ0n) is 22.1. The number of sulfonamides is 1. The summed E-state index contributed by atoms with van der Waals surface area (Å²) < 4.78 is 28.1. The van der Waals surface area contributed by atoms with E-state index in [0.29, 0.717) is 25.9 Å². The standard InChI is InChI=1S/C28H39N3O4S/c1-23-18-24(2)20-25(19-23)22-29(14-8-9-15-31(5,33)17-16-30(3,4)32)36(34,35)28-13-12-26-10-6-7-11-27(26)21-28/h6-7,10-13,18-21H,8-9,14-17,22H2,1-5H3. The van der Waals surface area contributed by atoms with E-state index in [2.05, 4.69) is 6.07 Å². The topological polar surface area (TPSA) is 83.5 Å². The highest BCUT2D eigenvalue weighted by molar-refractivity contribution is 7.89. The van der Waals surface area contributed by atoms with Gasteiger partial charge in [0.25, 0.3) is 0 Å². The van der Waals surface area contributed by atoms with E-state index >= 15 is 0 Å². The van der Waals surface area contributed by atoms with Crippen molar-refractivity contribution in [1.29, 1.82) is 0 Å². The highest BCUT2D eigenvalue weighted by Crippen LogP contribution is 2.24. The number of fused-ring (bicyclic) bond motifs is 1. The summed E-state index contributed by atoms with van der Waals surface area (Å²) in [4.78, 5) is 0.269. The lowest BCUT2D eigenvalue weighted by molar-refractivity contribution is -0.909. The molecule has 7 nitrogen and oxygen atoms in total. The summed E-state index contributed by atoms with van der Waals surface area (Å²) in [6, 6.07) is 19.1. The highest BCUT2D eigenvalue weighted by atomic mass is 32.2. The smallest absolute Gasteiger partial charge is 0.243 e. The number of unbranched alkanes of at least 4 members (excludes halogenated alkanes) is 1. The molecule has 0 aliphatic rings. The zero-order valence-corrected chi connectivity index (χ0v) is 22.9. The van der Waals surface area contributed by atoms with Crippen molar-refractivity contribution in [3.05, 3.63) is 87.8 Å². The normalized spacial score (nSPS) is 14.3. The Kier molecular flexibility index (Phi) is 8.93. The Morgan fingerprint density at radius 2 is 1.42 bits per heavy atom. The summed E-state index contributed by atoms with van der Waals surface area (Å²) in [5, 5.41) is 26.5. The average Bonchev–Trinajstić information content (AvgIpc) is 2.78. The van der Waals surface area contributed by atoms with Crippen molar-refractivity contribution in [1.82, 2.24) is 4.31 Å². The molecule has 0 saturated carbocycles. The number of likely N-dealkylation sites (N-methyl/N-ethyl adjacent to an activating group) is 2. The van der Waals surface area contributed by atoms with Gasteiger partial charge in [-0.25, -0.2) is 8.42 Å². The lowest BCUT2D eigenvalue weighted by atomic mass is 10.1. The molecule has 196 valence electrons. The maximum atomic E-state index is 13.8. The summed E-state index contributed by atoms with van der Waals surface area (Å²) in [6.45, 7) is 5.41. The first kappa shape index (κ1) is 28.2. The van der Waals surface area contributed by atoms with Gasteiger partial charge in [-0.1, -0.05) is 59.7 Å². The molecule has 0 spiro atoms. The van der Waals surface area contributed by atoms with Crippen LogP contribution in [0.15, 0.2) is 65.6 Å². The molecule has 1 atom stereocenters. The lowest BCUT2D eigenvalue weighted by Crippen LogP contribution is -2.47. The van der Waals surface area contributed by atoms with Gasteiger partial charge in [0.2, 0.25) is 10.0 Å². The van der Waals surface area contributed by atoms with Crippen LogP contribution >= 0.6 is 0 Å². The van der Waals surface area contributed by atoms with Crippen molar-refractivity contribution >= 4 is 20.8 Å². The van der Waals surface area contributed by atoms with Crippen LogP contribution in [0.5, 0.6) is 0 Å². The van der Waals surface area contributed by atoms with Crippen LogP contribution in [0, 0.1) is 24.3 Å². The molecule has 0 bridgehead atoms. The van der Waals surface area contributed by atoms with Crippen LogP contribution in [-0.4, -0.2) is 69.3 Å². The lowest BCUT2D eigenvalue weighted by Gasteiger charge is -2.42. The number of benzene rings is 3. The number of hydrogen-bond acceptors (Lipinski definition) is 4. The van der Waals surface area contributed by atoms with Crippen LogP contribution in [0.3, 0.4) is 0 Å². The number of rotatable bonds is 12. The summed E-state index contributed by atoms with van der Waals surface area (Å²) in [6.07, 6.45) is 1.13. The quantitative estimate of drug-likeness (QED) is 0.195. The van der Waals surface area contributed by atoms with Gasteiger partial charge < -0.3 is 19.7 Å². The summed E-state index contributed by atoms with van der Waals surface area (Å²) in [5.41, 5.74) is 3.12. The molecule has 8 heteroatoms. The molecule has 1 unspecified atom stereocenters. The van der Waals surface area contributed by atoms with E-state index in [1.165, 1.54) is 18.4 Å². The van der Waals surface area contributed by atoms with Crippen LogP contribution in [0.1, 0.15) is 29.5 Å². The molecule has 0 aliphatic carbocycles. The summed E-state index contributed by atoms with van der Waals surface area (Å²) in [7, 11) is 0.883. The fourth-order valence-electron chi connectivity index (χ4n) is 4.42. The van der Waals surface area contributed by atoms with E-state index in [0.717, 1.165) is 27.5 Å². The number of aryl methyl sites for hydroxylation is 2. The van der Waals surface area contributed by atoms with Crippen LogP contribution in [0.25, 0.3) is 10.8 Å². The van der Waals surface area contributed by atoms with Gasteiger partial charge in [-0.05, 0) is 55.2 Å². The Morgan fingerprint density at radius 1 is 0.778 bits per heavy atom. The van der Waals surface area contributed by atoms with Crippen molar-refractivity contribution in [3.8, 4) is 0 Å². The van der Waals surface area contributed by atoms with Crippen molar-refractivity contribution in [3.63, 3.8) is 0 Å². The SMILES string of the molecule is Cc1cc(C)cc(CN(CCCC[N+](C)([O-])CC[N+](C)(C)[O-])S(=O)(=O)c2ccc3ccccc3c2)c1. The molecule has 36 heavy (non-hydrogen) atoms. The van der Waals surface area contributed by atoms with Crippen molar-refractivity contribution in [2.75, 3.05) is 47.3 Å². The predicted molar refractivity (Wildman–Crippen MR) is 146 cm³/mol. The molecule has 0 heterocycles. The van der Waals surface area contributed by atoms with Crippen LogP contribution < -0.4 is 0 Å². The maximum Gasteiger partial charge on any atom is 0.243 e. The first-order valence-electron chi connectivity index (χ1n) is 12.4. The van der Waals surface area contributed by atoms with E-state index in [1.807, 2.05) is 56.3 Å². The van der Waals surface area contributed by atoms with Gasteiger partial charge in [0.1, 0.15) is 13.1 Å². The molecule has 3 aromatic carbocycles. The number of nitrogens with zero attached hydrogens (tertiary/aromatic N) is 3. The van der Waals surface area contributed by atoms with E-state index in [-0.39, 0.29) is 24.5 Å². The minimum Gasteiger partial charge on any atom is -0.633 e. The van der Waals surface area contributed by atoms with Gasteiger partial charge >= 0.3 is 0 Å². The third kappa shape index (κ3) is 8.09. The first-order valence-corrected chi connectivity index (χ1v) is 13.8. The molecule has 0 aliphatic heterocycles. The molecular weight excluding hydrogens is 474 g/mol. The summed E-state index contributed by atoms with van der Waals surface area (Å²) in [5.74, 6) is 0. The Hall–Kier alpha value is -2.33. The van der Waals surface area contributed by atoms with Gasteiger partial charge in [-0.15, -0.1) is 0 Å². The van der Waals surface area contributed by atoms with Crippen LogP contribution in [0.4, 0.5) is 0 Å². The average molecular weight is 514 g/mol. The molecule has 3 aromatic rings. The van der Waals surface area contributed by atoms with Crippen LogP contribution in [-0.2, 0) is 16.6 Å². The highest BCUT2D eigenvalue weighted by Gasteiger charge is 2.25. The second-order valence-corrected chi connectivity index (χ2v) is 12.5. The van der Waals surface area contributed by atoms with E-state index in [9.17, 15) is 18.8 Å². The van der Waals surface area contributed by atoms with Gasteiger partial charge in [0, 0.05) is 13.1 Å². The molecular formula is C28H39N3O4S. The van der Waals surface area contributed by atoms with E-state index in [4.69, 9.17) is 0 Å². The molecule has 3 rings (SSSR count). The second kappa shape index (κ2) is 11.4. The van der Waals surface area contributed by atoms with Crippen molar-refractivity contribution in [2.24, 2.45) is 0 Å². The fraction of sp³-hybridized carbons (Fsp3) is 0.429. The third-order valence-corrected chi connectivity index (χ3v) is 8.24. The van der Waals surface area contributed by atoms with Crippen molar-refractivity contribution in [2.45, 2.75) is 38.1 Å². The predicted octanol–water partition coefficient (Wildman–Crippen LogP) is 4.95. The molecule has 0 amide bonds. The molecule has 0 radical (unpaired) electrons. The largest absolute Gasteiger partial charge is 0.633 e. The number of quaternary nitrogens is 2. The summed E-state index contributed by atoms with van der Waals surface area (Å²) >= 11 is 0. The molecule has 0 aromatic heterocycles. The second-order valence-electron chi connectivity index (χ2n) is 10.6. The van der Waals surface area contributed by atoms with Gasteiger partial charge in [0.05, 0.1) is 32.6 Å². The molecule has 0 saturated heterocycles. The first-order chi connectivity index (χ1) is 16.7. The minimum absolute atomic E-state index is 0.234. The Balaban J connectivity index is 1.78. The maximum absolute atomic E-state index is 13.8. The third-order valence-electron chi connectivity index (χ3n) is 6.40. The fourth-order valence-corrected chi connectivity index (χ4v) is 5.93. The van der Waals surface area contributed by atoms with E-state index in [1.54, 1.807) is 19.2 Å². The minimum atomic E-state index is -3.76. The number of hydroxylamine groups is 6. The van der Waals surface area contributed by atoms with Gasteiger partial charge in [-0.3, -0.25) is 0 Å². The van der Waals surface area contributed by atoms with Crippen LogP contribution in [0.2, 0.25) is 0 Å². The Labute approximate surface area is 216 Å². The Bertz CT molecular complexity index is 1260. The monoisotopic (exact) mass is 513 g/mol.